The predicted octanol–water partition coefficient (Wildman–Crippen LogP) is 4.03. The van der Waals surface area contributed by atoms with Crippen LogP contribution >= 0.6 is 15.9 Å². The van der Waals surface area contributed by atoms with Crippen molar-refractivity contribution in [2.75, 3.05) is 0 Å². The van der Waals surface area contributed by atoms with Crippen molar-refractivity contribution < 1.29 is 4.92 Å². The predicted molar refractivity (Wildman–Crippen MR) is 79.1 cm³/mol. The van der Waals surface area contributed by atoms with Crippen molar-refractivity contribution in [3.63, 3.8) is 0 Å². The summed E-state index contributed by atoms with van der Waals surface area (Å²) in [6.45, 7) is 5.25. The zero-order chi connectivity index (χ0) is 14.0. The number of nitrogens with one attached hydrogen (secondary N) is 1. The molecule has 1 aromatic carbocycles. The van der Waals surface area contributed by atoms with Gasteiger partial charge >= 0.3 is 0 Å². The van der Waals surface area contributed by atoms with E-state index in [1.54, 1.807) is 6.07 Å². The number of halogens is 1. The molecule has 1 aromatic rings. The third kappa shape index (κ3) is 3.54. The van der Waals surface area contributed by atoms with Crippen LogP contribution in [0.4, 0.5) is 5.69 Å². The third-order valence-corrected chi connectivity index (χ3v) is 4.72. The maximum Gasteiger partial charge on any atom is 0.283 e. The van der Waals surface area contributed by atoms with Crippen molar-refractivity contribution in [1.29, 1.82) is 0 Å². The van der Waals surface area contributed by atoms with Crippen LogP contribution in [0, 0.1) is 15.5 Å². The molecule has 19 heavy (non-hydrogen) atoms. The molecule has 0 bridgehead atoms. The summed E-state index contributed by atoms with van der Waals surface area (Å²) in [7, 11) is 0. The lowest BCUT2D eigenvalue weighted by Gasteiger charge is -2.18. The van der Waals surface area contributed by atoms with Crippen molar-refractivity contribution in [3.8, 4) is 0 Å². The average Bonchev–Trinajstić information content (AvgIpc) is 2.67. The van der Waals surface area contributed by atoms with Crippen LogP contribution in [0.25, 0.3) is 0 Å². The largest absolute Gasteiger partial charge is 0.310 e. The van der Waals surface area contributed by atoms with Gasteiger partial charge in [0.25, 0.3) is 5.69 Å². The van der Waals surface area contributed by atoms with E-state index in [1.165, 1.54) is 25.3 Å². The van der Waals surface area contributed by atoms with Crippen molar-refractivity contribution in [3.05, 3.63) is 38.3 Å². The maximum absolute atomic E-state index is 10.9. The van der Waals surface area contributed by atoms with Crippen LogP contribution in [0.3, 0.4) is 0 Å². The SMILES string of the molecule is CC1(C)CCC(NCc2cccc([N+](=O)[O-])c2Br)C1. The van der Waals surface area contributed by atoms with Gasteiger partial charge in [0.1, 0.15) is 0 Å². The molecule has 104 valence electrons. The summed E-state index contributed by atoms with van der Waals surface area (Å²) in [6.07, 6.45) is 3.58. The second-order valence-corrected chi connectivity index (χ2v) is 6.79. The minimum Gasteiger partial charge on any atom is -0.310 e. The molecule has 0 saturated heterocycles. The van der Waals surface area contributed by atoms with Crippen LogP contribution in [0.5, 0.6) is 0 Å². The number of hydrogen-bond acceptors (Lipinski definition) is 3. The first-order valence-corrected chi connectivity index (χ1v) is 7.33. The van der Waals surface area contributed by atoms with Gasteiger partial charge in [0, 0.05) is 18.7 Å². The fourth-order valence-electron chi connectivity index (χ4n) is 2.71. The molecule has 0 heterocycles. The van der Waals surface area contributed by atoms with Gasteiger partial charge in [0.15, 0.2) is 0 Å². The molecular formula is C14H19BrN2O2. The normalized spacial score (nSPS) is 21.5. The van der Waals surface area contributed by atoms with Crippen LogP contribution in [-0.2, 0) is 6.54 Å². The van der Waals surface area contributed by atoms with Gasteiger partial charge < -0.3 is 5.32 Å². The molecule has 1 N–H and O–H groups in total. The number of nitrogens with zero attached hydrogens (tertiary/aromatic N) is 1. The number of rotatable bonds is 4. The highest BCUT2D eigenvalue weighted by Crippen LogP contribution is 2.37. The summed E-state index contributed by atoms with van der Waals surface area (Å²) in [5.41, 5.74) is 1.49. The van der Waals surface area contributed by atoms with Gasteiger partial charge in [-0.25, -0.2) is 0 Å². The molecule has 1 aliphatic carbocycles. The van der Waals surface area contributed by atoms with E-state index in [2.05, 4.69) is 35.1 Å². The van der Waals surface area contributed by atoms with E-state index in [0.717, 1.165) is 5.56 Å². The van der Waals surface area contributed by atoms with E-state index in [1.807, 2.05) is 6.07 Å². The molecule has 0 spiro atoms. The summed E-state index contributed by atoms with van der Waals surface area (Å²) in [5.74, 6) is 0. The lowest BCUT2D eigenvalue weighted by atomic mass is 9.92. The molecule has 1 atom stereocenters. The van der Waals surface area contributed by atoms with E-state index in [-0.39, 0.29) is 10.6 Å². The fraction of sp³-hybridized carbons (Fsp3) is 0.571. The summed E-state index contributed by atoms with van der Waals surface area (Å²) in [6, 6.07) is 5.69. The van der Waals surface area contributed by atoms with Crippen LogP contribution in [0.2, 0.25) is 0 Å². The van der Waals surface area contributed by atoms with E-state index >= 15 is 0 Å². The molecule has 0 amide bonds. The average molecular weight is 327 g/mol. The third-order valence-electron chi connectivity index (χ3n) is 3.80. The monoisotopic (exact) mass is 326 g/mol. The lowest BCUT2D eigenvalue weighted by Crippen LogP contribution is -2.27. The molecule has 5 heteroatoms. The topological polar surface area (TPSA) is 55.2 Å². The zero-order valence-electron chi connectivity index (χ0n) is 11.3. The second-order valence-electron chi connectivity index (χ2n) is 5.99. The second kappa shape index (κ2) is 5.59. The molecule has 4 nitrogen and oxygen atoms in total. The van der Waals surface area contributed by atoms with Gasteiger partial charge in [-0.15, -0.1) is 0 Å². The van der Waals surface area contributed by atoms with Crippen molar-refractivity contribution in [1.82, 2.24) is 5.32 Å². The Morgan fingerprint density at radius 2 is 2.26 bits per heavy atom. The first-order chi connectivity index (χ1) is 8.89. The molecule has 1 saturated carbocycles. The Balaban J connectivity index is 2.01. The molecule has 0 radical (unpaired) electrons. The Morgan fingerprint density at radius 3 is 2.84 bits per heavy atom. The fourth-order valence-corrected chi connectivity index (χ4v) is 3.26. The smallest absolute Gasteiger partial charge is 0.283 e. The van der Waals surface area contributed by atoms with Gasteiger partial charge in [-0.3, -0.25) is 10.1 Å². The highest BCUT2D eigenvalue weighted by atomic mass is 79.9. The zero-order valence-corrected chi connectivity index (χ0v) is 12.9. The van der Waals surface area contributed by atoms with Gasteiger partial charge in [-0.05, 0) is 46.2 Å². The first-order valence-electron chi connectivity index (χ1n) is 6.54. The van der Waals surface area contributed by atoms with E-state index in [4.69, 9.17) is 0 Å². The Bertz CT molecular complexity index is 488. The standard InChI is InChI=1S/C14H19BrN2O2/c1-14(2)7-6-11(8-14)16-9-10-4-3-5-12(13(10)15)17(18)19/h3-5,11,16H,6-9H2,1-2H3. The lowest BCUT2D eigenvalue weighted by molar-refractivity contribution is -0.385. The number of nitro benzene ring substituents is 1. The van der Waals surface area contributed by atoms with Crippen molar-refractivity contribution in [2.24, 2.45) is 5.41 Å². The molecule has 1 fully saturated rings. The van der Waals surface area contributed by atoms with E-state index in [9.17, 15) is 10.1 Å². The van der Waals surface area contributed by atoms with Crippen molar-refractivity contribution in [2.45, 2.75) is 45.7 Å². The summed E-state index contributed by atoms with van der Waals surface area (Å²) >= 11 is 3.33. The Labute approximate surface area is 121 Å². The van der Waals surface area contributed by atoms with Crippen LogP contribution < -0.4 is 5.32 Å². The molecule has 1 unspecified atom stereocenters. The number of benzene rings is 1. The summed E-state index contributed by atoms with van der Waals surface area (Å²) in [4.78, 5) is 10.5. The van der Waals surface area contributed by atoms with E-state index in [0.29, 0.717) is 22.5 Å². The number of hydrogen-bond donors (Lipinski definition) is 1. The number of nitro groups is 1. The van der Waals surface area contributed by atoms with Crippen LogP contribution in [0.1, 0.15) is 38.7 Å². The highest BCUT2D eigenvalue weighted by molar-refractivity contribution is 9.10. The minimum absolute atomic E-state index is 0.131. The van der Waals surface area contributed by atoms with Gasteiger partial charge in [-0.2, -0.15) is 0 Å². The molecule has 0 aliphatic heterocycles. The van der Waals surface area contributed by atoms with Gasteiger partial charge in [-0.1, -0.05) is 26.0 Å². The van der Waals surface area contributed by atoms with Gasteiger partial charge in [0.2, 0.25) is 0 Å². The Kier molecular flexibility index (Phi) is 4.26. The molecule has 0 aromatic heterocycles. The quantitative estimate of drug-likeness (QED) is 0.671. The Morgan fingerprint density at radius 1 is 1.53 bits per heavy atom. The molecule has 2 rings (SSSR count). The Hall–Kier alpha value is -0.940. The van der Waals surface area contributed by atoms with Crippen molar-refractivity contribution >= 4 is 21.6 Å². The van der Waals surface area contributed by atoms with Gasteiger partial charge in [0.05, 0.1) is 9.40 Å². The van der Waals surface area contributed by atoms with Crippen LogP contribution in [0.15, 0.2) is 22.7 Å². The van der Waals surface area contributed by atoms with Crippen LogP contribution in [-0.4, -0.2) is 11.0 Å². The first kappa shape index (κ1) is 14.5. The minimum atomic E-state index is -0.355. The van der Waals surface area contributed by atoms with E-state index < -0.39 is 0 Å². The summed E-state index contributed by atoms with van der Waals surface area (Å²) < 4.78 is 0.588. The summed E-state index contributed by atoms with van der Waals surface area (Å²) in [5, 5.41) is 14.4. The molecule has 1 aliphatic rings. The molecular weight excluding hydrogens is 308 g/mol. The maximum atomic E-state index is 10.9. The highest BCUT2D eigenvalue weighted by Gasteiger charge is 2.30.